The molecule has 0 rings (SSSR count). The van der Waals surface area contributed by atoms with Crippen molar-refractivity contribution in [1.29, 1.82) is 0 Å². The van der Waals surface area contributed by atoms with Crippen LogP contribution in [0.5, 0.6) is 0 Å². The second-order valence-electron chi connectivity index (χ2n) is 3.20. The Morgan fingerprint density at radius 1 is 1.45 bits per heavy atom. The standard InChI is InChI=1S/C7H13NO3/c1-7(2,3)11-6(10)8(4)5-9/h5H,1-4H3. The predicted molar refractivity (Wildman–Crippen MR) is 40.1 cm³/mol. The molecular weight excluding hydrogens is 146 g/mol. The average Bonchev–Trinajstić information content (AvgIpc) is 1.82. The van der Waals surface area contributed by atoms with E-state index in [2.05, 4.69) is 0 Å². The Morgan fingerprint density at radius 3 is 2.18 bits per heavy atom. The molecule has 4 heteroatoms. The Morgan fingerprint density at radius 2 is 1.91 bits per heavy atom. The zero-order valence-corrected chi connectivity index (χ0v) is 7.25. The molecule has 4 nitrogen and oxygen atoms in total. The maximum absolute atomic E-state index is 10.9. The molecule has 0 aromatic carbocycles. The first kappa shape index (κ1) is 9.94. The maximum atomic E-state index is 10.9. The fraction of sp³-hybridized carbons (Fsp3) is 0.714. The third-order valence-corrected chi connectivity index (χ3v) is 0.840. The summed E-state index contributed by atoms with van der Waals surface area (Å²) in [5, 5.41) is 0. The van der Waals surface area contributed by atoms with Crippen LogP contribution >= 0.6 is 0 Å². The molecule has 0 radical (unpaired) electrons. The molecule has 0 aliphatic rings. The quantitative estimate of drug-likeness (QED) is 0.536. The molecule has 2 amide bonds. The van der Waals surface area contributed by atoms with E-state index in [9.17, 15) is 9.59 Å². The first-order chi connectivity index (χ1) is 4.87. The second kappa shape index (κ2) is 3.37. The Bertz CT molecular complexity index is 160. The molecule has 0 fully saturated rings. The number of ether oxygens (including phenoxy) is 1. The van der Waals surface area contributed by atoms with Crippen LogP contribution in [-0.2, 0) is 9.53 Å². The van der Waals surface area contributed by atoms with E-state index in [0.717, 1.165) is 4.90 Å². The lowest BCUT2D eigenvalue weighted by atomic mass is 10.2. The van der Waals surface area contributed by atoms with E-state index < -0.39 is 11.7 Å². The smallest absolute Gasteiger partial charge is 0.416 e. The lowest BCUT2D eigenvalue weighted by Crippen LogP contribution is -2.33. The predicted octanol–water partition coefficient (Wildman–Crippen LogP) is 1.01. The van der Waals surface area contributed by atoms with Gasteiger partial charge >= 0.3 is 6.09 Å². The maximum Gasteiger partial charge on any atom is 0.416 e. The number of rotatable bonds is 1. The van der Waals surface area contributed by atoms with Gasteiger partial charge in [0.05, 0.1) is 0 Å². The van der Waals surface area contributed by atoms with Gasteiger partial charge in [0.1, 0.15) is 5.60 Å². The van der Waals surface area contributed by atoms with Crippen molar-refractivity contribution >= 4 is 12.5 Å². The van der Waals surface area contributed by atoms with Crippen molar-refractivity contribution in [3.8, 4) is 0 Å². The Hall–Kier alpha value is -1.06. The summed E-state index contributed by atoms with van der Waals surface area (Å²) in [6, 6.07) is 0. The highest BCUT2D eigenvalue weighted by Gasteiger charge is 2.18. The SMILES string of the molecule is CN(C=O)C(=O)OC(C)(C)C. The van der Waals surface area contributed by atoms with Crippen molar-refractivity contribution in [2.24, 2.45) is 0 Å². The highest BCUT2D eigenvalue weighted by molar-refractivity contribution is 5.79. The molecule has 11 heavy (non-hydrogen) atoms. The van der Waals surface area contributed by atoms with E-state index in [0.29, 0.717) is 6.41 Å². The normalized spacial score (nSPS) is 10.5. The van der Waals surface area contributed by atoms with Gasteiger partial charge in [0.25, 0.3) is 0 Å². The highest BCUT2D eigenvalue weighted by atomic mass is 16.6. The van der Waals surface area contributed by atoms with E-state index in [4.69, 9.17) is 4.74 Å². The number of hydrogen-bond donors (Lipinski definition) is 0. The number of amides is 2. The minimum atomic E-state index is -0.632. The zero-order valence-electron chi connectivity index (χ0n) is 7.25. The number of imide groups is 1. The van der Waals surface area contributed by atoms with Gasteiger partial charge in [-0.1, -0.05) is 0 Å². The highest BCUT2D eigenvalue weighted by Crippen LogP contribution is 2.07. The number of nitrogens with zero attached hydrogens (tertiary/aromatic N) is 1. The topological polar surface area (TPSA) is 46.6 Å². The molecule has 0 bridgehead atoms. The summed E-state index contributed by atoms with van der Waals surface area (Å²) in [7, 11) is 1.35. The minimum Gasteiger partial charge on any atom is -0.443 e. The van der Waals surface area contributed by atoms with Gasteiger partial charge in [-0.2, -0.15) is 0 Å². The average molecular weight is 159 g/mol. The molecule has 0 saturated heterocycles. The molecule has 0 spiro atoms. The van der Waals surface area contributed by atoms with E-state index in [1.54, 1.807) is 20.8 Å². The van der Waals surface area contributed by atoms with Crippen molar-refractivity contribution in [2.75, 3.05) is 7.05 Å². The molecule has 0 aliphatic carbocycles. The fourth-order valence-corrected chi connectivity index (χ4v) is 0.377. The molecule has 64 valence electrons. The second-order valence-corrected chi connectivity index (χ2v) is 3.20. The molecule has 0 aromatic rings. The summed E-state index contributed by atoms with van der Waals surface area (Å²) in [6.07, 6.45) is -0.221. The van der Waals surface area contributed by atoms with Crippen LogP contribution in [0.1, 0.15) is 20.8 Å². The molecule has 0 N–H and O–H groups in total. The number of hydrogen-bond acceptors (Lipinski definition) is 3. The number of carbonyl (C=O) groups is 2. The third-order valence-electron chi connectivity index (χ3n) is 0.840. The molecule has 0 atom stereocenters. The summed E-state index contributed by atoms with van der Waals surface area (Å²) >= 11 is 0. The van der Waals surface area contributed by atoms with Gasteiger partial charge in [-0.25, -0.2) is 4.79 Å². The first-order valence-corrected chi connectivity index (χ1v) is 3.28. The first-order valence-electron chi connectivity index (χ1n) is 3.28. The van der Waals surface area contributed by atoms with Crippen LogP contribution in [0.25, 0.3) is 0 Å². The van der Waals surface area contributed by atoms with E-state index in [1.165, 1.54) is 7.05 Å². The van der Waals surface area contributed by atoms with E-state index >= 15 is 0 Å². The zero-order chi connectivity index (χ0) is 9.07. The summed E-state index contributed by atoms with van der Waals surface area (Å²) in [6.45, 7) is 5.22. The third kappa shape index (κ3) is 4.36. The summed E-state index contributed by atoms with van der Waals surface area (Å²) in [5.41, 5.74) is -0.547. The minimum absolute atomic E-state index is 0.411. The molecule has 0 heterocycles. The molecule has 0 aromatic heterocycles. The van der Waals surface area contributed by atoms with Crippen LogP contribution in [0.3, 0.4) is 0 Å². The van der Waals surface area contributed by atoms with Crippen molar-refractivity contribution in [3.63, 3.8) is 0 Å². The van der Waals surface area contributed by atoms with Gasteiger partial charge in [0.15, 0.2) is 0 Å². The van der Waals surface area contributed by atoms with E-state index in [-0.39, 0.29) is 0 Å². The van der Waals surface area contributed by atoms with Crippen LogP contribution in [0.15, 0.2) is 0 Å². The van der Waals surface area contributed by atoms with Gasteiger partial charge in [-0.05, 0) is 20.8 Å². The van der Waals surface area contributed by atoms with Crippen LogP contribution in [0, 0.1) is 0 Å². The van der Waals surface area contributed by atoms with Crippen molar-refractivity contribution in [3.05, 3.63) is 0 Å². The molecule has 0 saturated carbocycles. The van der Waals surface area contributed by atoms with Gasteiger partial charge in [-0.15, -0.1) is 0 Å². The van der Waals surface area contributed by atoms with Gasteiger partial charge < -0.3 is 4.74 Å². The van der Waals surface area contributed by atoms with Gasteiger partial charge in [0, 0.05) is 7.05 Å². The Kier molecular flexibility index (Phi) is 3.04. The van der Waals surface area contributed by atoms with Crippen LogP contribution in [0.2, 0.25) is 0 Å². The largest absolute Gasteiger partial charge is 0.443 e. The lowest BCUT2D eigenvalue weighted by Gasteiger charge is -2.21. The van der Waals surface area contributed by atoms with Gasteiger partial charge in [0.2, 0.25) is 6.41 Å². The summed E-state index contributed by atoms with van der Waals surface area (Å²) in [4.78, 5) is 21.8. The monoisotopic (exact) mass is 159 g/mol. The Labute approximate surface area is 66.1 Å². The van der Waals surface area contributed by atoms with Crippen molar-refractivity contribution < 1.29 is 14.3 Å². The summed E-state index contributed by atoms with van der Waals surface area (Å²) < 4.78 is 4.85. The number of carbonyl (C=O) groups excluding carboxylic acids is 2. The molecule has 0 aliphatic heterocycles. The molecular formula is C7H13NO3. The Balaban J connectivity index is 3.98. The lowest BCUT2D eigenvalue weighted by molar-refractivity contribution is -0.116. The summed E-state index contributed by atoms with van der Waals surface area (Å²) in [5.74, 6) is 0. The van der Waals surface area contributed by atoms with Crippen molar-refractivity contribution in [1.82, 2.24) is 4.90 Å². The van der Waals surface area contributed by atoms with Crippen molar-refractivity contribution in [2.45, 2.75) is 26.4 Å². The van der Waals surface area contributed by atoms with Crippen LogP contribution in [-0.4, -0.2) is 30.1 Å². The molecule has 0 unspecified atom stereocenters. The van der Waals surface area contributed by atoms with Crippen LogP contribution < -0.4 is 0 Å². The van der Waals surface area contributed by atoms with E-state index in [1.807, 2.05) is 0 Å². The van der Waals surface area contributed by atoms with Crippen LogP contribution in [0.4, 0.5) is 4.79 Å². The van der Waals surface area contributed by atoms with Gasteiger partial charge in [-0.3, -0.25) is 9.69 Å². The fourth-order valence-electron chi connectivity index (χ4n) is 0.377.